The molecule has 0 atom stereocenters. The smallest absolute Gasteiger partial charge is 0.337 e. The van der Waals surface area contributed by atoms with Crippen LogP contribution >= 0.6 is 0 Å². The molecule has 160 valence electrons. The van der Waals surface area contributed by atoms with Gasteiger partial charge in [-0.05, 0) is 42.3 Å². The number of carbonyl (C=O) groups excluding carboxylic acids is 2. The van der Waals surface area contributed by atoms with Crippen molar-refractivity contribution in [3.05, 3.63) is 95.7 Å². The van der Waals surface area contributed by atoms with Crippen LogP contribution in [0.4, 0.5) is 11.4 Å². The van der Waals surface area contributed by atoms with Crippen LogP contribution in [0.15, 0.2) is 79.0 Å². The van der Waals surface area contributed by atoms with Gasteiger partial charge in [0, 0.05) is 23.5 Å². The molecule has 0 aliphatic rings. The number of benzene rings is 3. The van der Waals surface area contributed by atoms with Gasteiger partial charge in [0.2, 0.25) is 5.91 Å². The summed E-state index contributed by atoms with van der Waals surface area (Å²) in [4.78, 5) is 40.0. The van der Waals surface area contributed by atoms with Gasteiger partial charge in [-0.2, -0.15) is 0 Å². The van der Waals surface area contributed by atoms with Gasteiger partial charge in [-0.15, -0.1) is 0 Å². The normalized spacial score (nSPS) is 10.6. The van der Waals surface area contributed by atoms with Crippen molar-refractivity contribution in [3.8, 4) is 0 Å². The minimum atomic E-state index is -1.14. The summed E-state index contributed by atoms with van der Waals surface area (Å²) in [5.74, 6) is -1.87. The van der Waals surface area contributed by atoms with Crippen molar-refractivity contribution in [3.63, 3.8) is 0 Å². The molecule has 4 aromatic rings. The molecule has 3 aromatic carbocycles. The minimum absolute atomic E-state index is 0.0129. The largest absolute Gasteiger partial charge is 0.478 e. The van der Waals surface area contributed by atoms with Gasteiger partial charge in [-0.1, -0.05) is 42.5 Å². The van der Waals surface area contributed by atoms with Crippen LogP contribution in [0.5, 0.6) is 0 Å². The van der Waals surface area contributed by atoms with Crippen molar-refractivity contribution in [2.24, 2.45) is 0 Å². The van der Waals surface area contributed by atoms with Gasteiger partial charge in [0.1, 0.15) is 0 Å². The van der Waals surface area contributed by atoms with E-state index in [1.807, 2.05) is 30.5 Å². The number of anilines is 2. The molecule has 7 nitrogen and oxygen atoms in total. The average Bonchev–Trinajstić information content (AvgIpc) is 3.21. The number of aromatic nitrogens is 1. The summed E-state index contributed by atoms with van der Waals surface area (Å²) in [6, 6.07) is 20.7. The van der Waals surface area contributed by atoms with Crippen LogP contribution in [0.1, 0.15) is 32.7 Å². The lowest BCUT2D eigenvalue weighted by Crippen LogP contribution is -2.19. The molecule has 0 saturated carbocycles. The maximum atomic E-state index is 12.8. The number of fused-ring (bicyclic) bond motifs is 1. The predicted octanol–water partition coefficient (Wildman–Crippen LogP) is 4.69. The van der Waals surface area contributed by atoms with Crippen LogP contribution in [0.3, 0.4) is 0 Å². The SMILES string of the molecule is O=C(CCc1c[nH]c2ccccc12)Nc1ccccc1C(=O)Nc1ccccc1C(=O)O. The van der Waals surface area contributed by atoms with Gasteiger partial charge >= 0.3 is 5.97 Å². The highest BCUT2D eigenvalue weighted by atomic mass is 16.4. The molecule has 1 heterocycles. The Morgan fingerprint density at radius 1 is 0.781 bits per heavy atom. The van der Waals surface area contributed by atoms with Crippen LogP contribution in [0.2, 0.25) is 0 Å². The maximum Gasteiger partial charge on any atom is 0.337 e. The van der Waals surface area contributed by atoms with E-state index in [0.29, 0.717) is 12.1 Å². The molecule has 0 saturated heterocycles. The molecule has 0 aliphatic heterocycles. The van der Waals surface area contributed by atoms with Crippen molar-refractivity contribution in [1.82, 2.24) is 4.98 Å². The van der Waals surface area contributed by atoms with E-state index in [-0.39, 0.29) is 29.1 Å². The fourth-order valence-electron chi connectivity index (χ4n) is 3.56. The van der Waals surface area contributed by atoms with Gasteiger partial charge in [0.15, 0.2) is 0 Å². The number of para-hydroxylation sites is 3. The molecule has 0 radical (unpaired) electrons. The zero-order valence-electron chi connectivity index (χ0n) is 17.1. The Morgan fingerprint density at radius 2 is 1.41 bits per heavy atom. The molecule has 4 rings (SSSR count). The van der Waals surface area contributed by atoms with E-state index in [1.165, 1.54) is 12.1 Å². The number of carboxylic acid groups (broad SMARTS) is 1. The topological polar surface area (TPSA) is 111 Å². The monoisotopic (exact) mass is 427 g/mol. The average molecular weight is 427 g/mol. The number of carboxylic acids is 1. The number of nitrogens with one attached hydrogen (secondary N) is 3. The zero-order chi connectivity index (χ0) is 22.5. The fourth-order valence-corrected chi connectivity index (χ4v) is 3.56. The molecule has 0 fully saturated rings. The number of aromatic amines is 1. The molecule has 4 N–H and O–H groups in total. The van der Waals surface area contributed by atoms with Gasteiger partial charge in [-0.3, -0.25) is 9.59 Å². The molecule has 0 bridgehead atoms. The lowest BCUT2D eigenvalue weighted by atomic mass is 10.1. The first-order valence-electron chi connectivity index (χ1n) is 10.1. The molecule has 0 aliphatic carbocycles. The van der Waals surface area contributed by atoms with Gasteiger partial charge in [0.05, 0.1) is 22.5 Å². The highest BCUT2D eigenvalue weighted by Crippen LogP contribution is 2.22. The van der Waals surface area contributed by atoms with Gasteiger partial charge in [0.25, 0.3) is 5.91 Å². The number of carbonyl (C=O) groups is 3. The first-order valence-corrected chi connectivity index (χ1v) is 10.1. The van der Waals surface area contributed by atoms with Crippen molar-refractivity contribution < 1.29 is 19.5 Å². The first kappa shape index (κ1) is 20.9. The number of amides is 2. The van der Waals surface area contributed by atoms with E-state index in [2.05, 4.69) is 15.6 Å². The Morgan fingerprint density at radius 3 is 2.16 bits per heavy atom. The van der Waals surface area contributed by atoms with Crippen molar-refractivity contribution >= 4 is 40.1 Å². The molecular formula is C25H21N3O4. The summed E-state index contributed by atoms with van der Waals surface area (Å²) in [5.41, 5.74) is 2.85. The van der Waals surface area contributed by atoms with E-state index in [9.17, 15) is 19.5 Å². The standard InChI is InChI=1S/C25H21N3O4/c29-23(14-13-16-15-26-20-10-4-1-7-17(16)20)27-21-11-5-2-8-18(21)24(30)28-22-12-6-3-9-19(22)25(31)32/h1-12,15,26H,13-14H2,(H,27,29)(H,28,30)(H,31,32). The van der Waals surface area contributed by atoms with E-state index in [4.69, 9.17) is 0 Å². The highest BCUT2D eigenvalue weighted by molar-refractivity contribution is 6.12. The number of hydrogen-bond donors (Lipinski definition) is 4. The summed E-state index contributed by atoms with van der Waals surface area (Å²) in [6.07, 6.45) is 2.70. The molecule has 32 heavy (non-hydrogen) atoms. The number of aromatic carboxylic acids is 1. The fraction of sp³-hybridized carbons (Fsp3) is 0.0800. The van der Waals surface area contributed by atoms with Gasteiger partial charge < -0.3 is 20.7 Å². The molecular weight excluding hydrogens is 406 g/mol. The quantitative estimate of drug-likeness (QED) is 0.343. The third-order valence-electron chi connectivity index (χ3n) is 5.15. The van der Waals surface area contributed by atoms with Crippen LogP contribution < -0.4 is 10.6 Å². The van der Waals surface area contributed by atoms with E-state index >= 15 is 0 Å². The molecule has 0 unspecified atom stereocenters. The Kier molecular flexibility index (Phi) is 5.98. The summed E-state index contributed by atoms with van der Waals surface area (Å²) in [7, 11) is 0. The Balaban J connectivity index is 1.45. The van der Waals surface area contributed by atoms with Crippen LogP contribution in [0, 0.1) is 0 Å². The second-order valence-corrected chi connectivity index (χ2v) is 7.26. The van der Waals surface area contributed by atoms with E-state index < -0.39 is 11.9 Å². The second kappa shape index (κ2) is 9.18. The summed E-state index contributed by atoms with van der Waals surface area (Å²) < 4.78 is 0. The predicted molar refractivity (Wildman–Crippen MR) is 123 cm³/mol. The Bertz CT molecular complexity index is 1310. The van der Waals surface area contributed by atoms with Gasteiger partial charge in [-0.25, -0.2) is 4.79 Å². The van der Waals surface area contributed by atoms with Crippen molar-refractivity contribution in [2.45, 2.75) is 12.8 Å². The van der Waals surface area contributed by atoms with Crippen LogP contribution in [0.25, 0.3) is 10.9 Å². The van der Waals surface area contributed by atoms with Crippen LogP contribution in [-0.4, -0.2) is 27.9 Å². The third kappa shape index (κ3) is 4.52. The summed E-state index contributed by atoms with van der Waals surface area (Å²) >= 11 is 0. The summed E-state index contributed by atoms with van der Waals surface area (Å²) in [5, 5.41) is 15.8. The lowest BCUT2D eigenvalue weighted by molar-refractivity contribution is -0.116. The van der Waals surface area contributed by atoms with Crippen molar-refractivity contribution in [2.75, 3.05) is 10.6 Å². The number of H-pyrrole nitrogens is 1. The minimum Gasteiger partial charge on any atom is -0.478 e. The van der Waals surface area contributed by atoms with E-state index in [1.54, 1.807) is 36.4 Å². The lowest BCUT2D eigenvalue weighted by Gasteiger charge is -2.12. The van der Waals surface area contributed by atoms with E-state index in [0.717, 1.165) is 16.5 Å². The third-order valence-corrected chi connectivity index (χ3v) is 5.15. The van der Waals surface area contributed by atoms with Crippen molar-refractivity contribution in [1.29, 1.82) is 0 Å². The molecule has 1 aromatic heterocycles. The molecule has 7 heteroatoms. The Labute approximate surface area is 184 Å². The highest BCUT2D eigenvalue weighted by Gasteiger charge is 2.17. The van der Waals surface area contributed by atoms with Crippen LogP contribution in [-0.2, 0) is 11.2 Å². The second-order valence-electron chi connectivity index (χ2n) is 7.26. The number of hydrogen-bond acceptors (Lipinski definition) is 3. The summed E-state index contributed by atoms with van der Waals surface area (Å²) in [6.45, 7) is 0. The number of aryl methyl sites for hydroxylation is 1. The number of rotatable bonds is 7. The maximum absolute atomic E-state index is 12.8. The zero-order valence-corrected chi connectivity index (χ0v) is 17.1. The molecule has 0 spiro atoms. The molecule has 2 amide bonds. The Hall–Kier alpha value is -4.39. The first-order chi connectivity index (χ1) is 15.5.